The molecule has 1 aromatic carbocycles. The van der Waals surface area contributed by atoms with Crippen LogP contribution >= 0.6 is 0 Å². The summed E-state index contributed by atoms with van der Waals surface area (Å²) in [5, 5.41) is 3.38. The lowest BCUT2D eigenvalue weighted by molar-refractivity contribution is -0.135. The molecule has 2 heterocycles. The number of ether oxygens (including phenoxy) is 1. The molecule has 1 unspecified atom stereocenters. The van der Waals surface area contributed by atoms with Crippen LogP contribution in [-0.4, -0.2) is 61.4 Å². The summed E-state index contributed by atoms with van der Waals surface area (Å²) in [6.45, 7) is 3.85. The number of carbonyl (C=O) groups excluding carboxylic acids is 2. The van der Waals surface area contributed by atoms with E-state index in [0.29, 0.717) is 19.4 Å². The Hall–Kier alpha value is -2.08. The van der Waals surface area contributed by atoms with Gasteiger partial charge in [-0.1, -0.05) is 12.1 Å². The molecule has 0 spiro atoms. The number of nitrogens with one attached hydrogen (secondary N) is 1. The van der Waals surface area contributed by atoms with Crippen LogP contribution in [-0.2, 0) is 9.59 Å². The second kappa shape index (κ2) is 8.34. The highest BCUT2D eigenvalue weighted by Crippen LogP contribution is 2.25. The summed E-state index contributed by atoms with van der Waals surface area (Å²) < 4.78 is 5.21. The summed E-state index contributed by atoms with van der Waals surface area (Å²) in [6.07, 6.45) is 2.84. The number of amides is 2. The number of hydrogen-bond donors (Lipinski definition) is 1. The molecule has 136 valence electrons. The molecule has 6 heteroatoms. The number of likely N-dealkylation sites (tertiary alicyclic amines) is 1. The van der Waals surface area contributed by atoms with Gasteiger partial charge in [-0.15, -0.1) is 0 Å². The molecule has 0 saturated carbocycles. The molecule has 2 aliphatic rings. The zero-order valence-corrected chi connectivity index (χ0v) is 14.9. The molecular formula is C19H27N3O3. The first-order valence-corrected chi connectivity index (χ1v) is 9.11. The molecule has 3 rings (SSSR count). The predicted molar refractivity (Wildman–Crippen MR) is 95.4 cm³/mol. The van der Waals surface area contributed by atoms with Gasteiger partial charge in [0.25, 0.3) is 0 Å². The van der Waals surface area contributed by atoms with Crippen LogP contribution in [0.4, 0.5) is 0 Å². The molecule has 0 bridgehead atoms. The minimum absolute atomic E-state index is 0.0561. The maximum absolute atomic E-state index is 12.7. The predicted octanol–water partition coefficient (Wildman–Crippen LogP) is 1.57. The van der Waals surface area contributed by atoms with E-state index in [0.717, 1.165) is 50.3 Å². The van der Waals surface area contributed by atoms with Gasteiger partial charge in [0.2, 0.25) is 11.8 Å². The Labute approximate surface area is 149 Å². The van der Waals surface area contributed by atoms with Crippen LogP contribution in [0.2, 0.25) is 0 Å². The first kappa shape index (κ1) is 17.7. The van der Waals surface area contributed by atoms with Crippen LogP contribution in [0.15, 0.2) is 24.3 Å². The van der Waals surface area contributed by atoms with Crippen LogP contribution < -0.4 is 10.1 Å². The van der Waals surface area contributed by atoms with Crippen molar-refractivity contribution in [1.29, 1.82) is 0 Å². The summed E-state index contributed by atoms with van der Waals surface area (Å²) in [7, 11) is 1.65. The standard InChI is InChI=1S/C19H27N3O3/c1-25-16-8-6-15(7-9-16)17-14-20-10-13-22(17)19(24)5-3-12-21-11-2-4-18(21)23/h6-9,17,20H,2-5,10-14H2,1H3. The minimum Gasteiger partial charge on any atom is -0.497 e. The van der Waals surface area contributed by atoms with Gasteiger partial charge in [0, 0.05) is 45.6 Å². The van der Waals surface area contributed by atoms with E-state index in [-0.39, 0.29) is 17.9 Å². The highest BCUT2D eigenvalue weighted by Gasteiger charge is 2.28. The highest BCUT2D eigenvalue weighted by molar-refractivity contribution is 5.78. The molecule has 2 aliphatic heterocycles. The minimum atomic E-state index is 0.0561. The van der Waals surface area contributed by atoms with Gasteiger partial charge in [0.15, 0.2) is 0 Å². The van der Waals surface area contributed by atoms with Crippen molar-refractivity contribution in [3.63, 3.8) is 0 Å². The Bertz CT molecular complexity index is 602. The second-order valence-corrected chi connectivity index (χ2v) is 6.67. The van der Waals surface area contributed by atoms with Crippen LogP contribution in [0.1, 0.15) is 37.3 Å². The van der Waals surface area contributed by atoms with E-state index in [4.69, 9.17) is 4.74 Å². The molecule has 25 heavy (non-hydrogen) atoms. The third-order valence-corrected chi connectivity index (χ3v) is 5.05. The summed E-state index contributed by atoms with van der Waals surface area (Å²) in [6, 6.07) is 7.98. The number of rotatable bonds is 6. The Morgan fingerprint density at radius 2 is 2.08 bits per heavy atom. The number of piperazine rings is 1. The first-order valence-electron chi connectivity index (χ1n) is 9.11. The maximum atomic E-state index is 12.7. The summed E-state index contributed by atoms with van der Waals surface area (Å²) in [5.41, 5.74) is 1.12. The third kappa shape index (κ3) is 4.31. The fraction of sp³-hybridized carbons (Fsp3) is 0.579. The van der Waals surface area contributed by atoms with E-state index < -0.39 is 0 Å². The first-order chi connectivity index (χ1) is 12.2. The number of carbonyl (C=O) groups is 2. The SMILES string of the molecule is COc1ccc(C2CNCCN2C(=O)CCCN2CCCC2=O)cc1. The number of methoxy groups -OCH3 is 1. The van der Waals surface area contributed by atoms with Gasteiger partial charge in [-0.05, 0) is 30.5 Å². The van der Waals surface area contributed by atoms with Crippen molar-refractivity contribution in [2.45, 2.75) is 31.7 Å². The van der Waals surface area contributed by atoms with E-state index >= 15 is 0 Å². The van der Waals surface area contributed by atoms with Crippen LogP contribution in [0.5, 0.6) is 5.75 Å². The highest BCUT2D eigenvalue weighted by atomic mass is 16.5. The molecular weight excluding hydrogens is 318 g/mol. The van der Waals surface area contributed by atoms with Gasteiger partial charge in [-0.25, -0.2) is 0 Å². The lowest BCUT2D eigenvalue weighted by atomic mass is 10.0. The topological polar surface area (TPSA) is 61.9 Å². The van der Waals surface area contributed by atoms with Crippen molar-refractivity contribution >= 4 is 11.8 Å². The third-order valence-electron chi connectivity index (χ3n) is 5.05. The molecule has 2 fully saturated rings. The van der Waals surface area contributed by atoms with Crippen molar-refractivity contribution in [3.8, 4) is 5.75 Å². The Balaban J connectivity index is 1.57. The van der Waals surface area contributed by atoms with Gasteiger partial charge in [-0.2, -0.15) is 0 Å². The Morgan fingerprint density at radius 1 is 1.28 bits per heavy atom. The molecule has 2 amide bonds. The van der Waals surface area contributed by atoms with Crippen molar-refractivity contribution < 1.29 is 14.3 Å². The zero-order chi connectivity index (χ0) is 17.6. The fourth-order valence-electron chi connectivity index (χ4n) is 3.63. The van der Waals surface area contributed by atoms with Gasteiger partial charge < -0.3 is 19.9 Å². The van der Waals surface area contributed by atoms with Gasteiger partial charge in [0.05, 0.1) is 13.2 Å². The van der Waals surface area contributed by atoms with E-state index in [1.807, 2.05) is 34.1 Å². The molecule has 0 aromatic heterocycles. The van der Waals surface area contributed by atoms with Crippen LogP contribution in [0.25, 0.3) is 0 Å². The maximum Gasteiger partial charge on any atom is 0.223 e. The second-order valence-electron chi connectivity index (χ2n) is 6.67. The lowest BCUT2D eigenvalue weighted by Crippen LogP contribution is -2.48. The van der Waals surface area contributed by atoms with Crippen molar-refractivity contribution in [2.75, 3.05) is 39.8 Å². The molecule has 1 aromatic rings. The normalized spacial score (nSPS) is 20.8. The summed E-state index contributed by atoms with van der Waals surface area (Å²) in [4.78, 5) is 28.2. The van der Waals surface area contributed by atoms with Gasteiger partial charge in [-0.3, -0.25) is 9.59 Å². The smallest absolute Gasteiger partial charge is 0.223 e. The van der Waals surface area contributed by atoms with Crippen LogP contribution in [0, 0.1) is 0 Å². The molecule has 2 saturated heterocycles. The summed E-state index contributed by atoms with van der Waals surface area (Å²) in [5.74, 6) is 1.22. The summed E-state index contributed by atoms with van der Waals surface area (Å²) >= 11 is 0. The Morgan fingerprint density at radius 3 is 2.76 bits per heavy atom. The molecule has 1 N–H and O–H groups in total. The average molecular weight is 345 g/mol. The number of hydrogen-bond acceptors (Lipinski definition) is 4. The molecule has 0 radical (unpaired) electrons. The van der Waals surface area contributed by atoms with Gasteiger partial charge >= 0.3 is 0 Å². The van der Waals surface area contributed by atoms with E-state index in [9.17, 15) is 9.59 Å². The Kier molecular flexibility index (Phi) is 5.91. The zero-order valence-electron chi connectivity index (χ0n) is 14.9. The number of benzene rings is 1. The van der Waals surface area contributed by atoms with E-state index in [2.05, 4.69) is 5.32 Å². The van der Waals surface area contributed by atoms with Crippen molar-refractivity contribution in [1.82, 2.24) is 15.1 Å². The molecule has 6 nitrogen and oxygen atoms in total. The average Bonchev–Trinajstić information content (AvgIpc) is 3.06. The lowest BCUT2D eigenvalue weighted by Gasteiger charge is -2.37. The van der Waals surface area contributed by atoms with E-state index in [1.165, 1.54) is 0 Å². The quantitative estimate of drug-likeness (QED) is 0.850. The van der Waals surface area contributed by atoms with Crippen molar-refractivity contribution in [3.05, 3.63) is 29.8 Å². The fourth-order valence-corrected chi connectivity index (χ4v) is 3.63. The van der Waals surface area contributed by atoms with Gasteiger partial charge in [0.1, 0.15) is 5.75 Å². The van der Waals surface area contributed by atoms with Crippen molar-refractivity contribution in [2.24, 2.45) is 0 Å². The van der Waals surface area contributed by atoms with Crippen LogP contribution in [0.3, 0.4) is 0 Å². The molecule has 0 aliphatic carbocycles. The monoisotopic (exact) mass is 345 g/mol. The number of nitrogens with zero attached hydrogens (tertiary/aromatic N) is 2. The molecule has 1 atom stereocenters. The largest absolute Gasteiger partial charge is 0.497 e. The van der Waals surface area contributed by atoms with E-state index in [1.54, 1.807) is 7.11 Å².